The molecule has 2 N–H and O–H groups in total. The average Bonchev–Trinajstić information content (AvgIpc) is 2.64. The van der Waals surface area contributed by atoms with E-state index in [1.807, 2.05) is 12.1 Å². The highest BCUT2D eigenvalue weighted by Crippen LogP contribution is 2.22. The summed E-state index contributed by atoms with van der Waals surface area (Å²) in [6, 6.07) is 8.25. The van der Waals surface area contributed by atoms with E-state index in [0.29, 0.717) is 13.1 Å². The summed E-state index contributed by atoms with van der Waals surface area (Å²) in [6.45, 7) is 4.96. The van der Waals surface area contributed by atoms with Gasteiger partial charge in [0.25, 0.3) is 0 Å². The molecule has 0 aliphatic carbocycles. The Kier molecular flexibility index (Phi) is 4.20. The molecular weight excluding hydrogens is 228 g/mol. The van der Waals surface area contributed by atoms with Gasteiger partial charge < -0.3 is 15.3 Å². The number of hydrogen-bond acceptors (Lipinski definition) is 3. The molecule has 1 saturated heterocycles. The summed E-state index contributed by atoms with van der Waals surface area (Å²) in [4.78, 5) is 13.4. The Labute approximate surface area is 108 Å². The van der Waals surface area contributed by atoms with E-state index in [2.05, 4.69) is 29.3 Å². The van der Waals surface area contributed by atoms with E-state index in [0.717, 1.165) is 19.5 Å². The summed E-state index contributed by atoms with van der Waals surface area (Å²) in [5.41, 5.74) is 2.46. The van der Waals surface area contributed by atoms with Crippen molar-refractivity contribution in [2.24, 2.45) is 5.92 Å². The van der Waals surface area contributed by atoms with Crippen molar-refractivity contribution in [2.45, 2.75) is 13.3 Å². The highest BCUT2D eigenvalue weighted by Gasteiger charge is 2.24. The first-order chi connectivity index (χ1) is 8.72. The molecule has 1 fully saturated rings. The zero-order valence-corrected chi connectivity index (χ0v) is 10.7. The Hall–Kier alpha value is -1.55. The second kappa shape index (κ2) is 5.87. The van der Waals surface area contributed by atoms with E-state index < -0.39 is 5.97 Å². The van der Waals surface area contributed by atoms with Crippen LogP contribution >= 0.6 is 0 Å². The molecule has 1 unspecified atom stereocenters. The van der Waals surface area contributed by atoms with Crippen LogP contribution in [-0.4, -0.2) is 37.3 Å². The van der Waals surface area contributed by atoms with Crippen LogP contribution in [0.1, 0.15) is 12.5 Å². The maximum Gasteiger partial charge on any atom is 0.309 e. The highest BCUT2D eigenvalue weighted by molar-refractivity contribution is 5.71. The quantitative estimate of drug-likeness (QED) is 0.848. The van der Waals surface area contributed by atoms with Gasteiger partial charge in [0.2, 0.25) is 0 Å². The number of nitrogens with one attached hydrogen (secondary N) is 1. The molecule has 0 radical (unpaired) electrons. The van der Waals surface area contributed by atoms with Crippen molar-refractivity contribution >= 4 is 11.7 Å². The van der Waals surface area contributed by atoms with Crippen molar-refractivity contribution in [1.29, 1.82) is 0 Å². The zero-order valence-electron chi connectivity index (χ0n) is 10.7. The van der Waals surface area contributed by atoms with Gasteiger partial charge in [-0.1, -0.05) is 25.1 Å². The summed E-state index contributed by atoms with van der Waals surface area (Å²) < 4.78 is 0. The zero-order chi connectivity index (χ0) is 13.0. The molecular formula is C14H20N2O2. The maximum atomic E-state index is 11.2. The van der Waals surface area contributed by atoms with Gasteiger partial charge >= 0.3 is 5.97 Å². The van der Waals surface area contributed by atoms with Gasteiger partial charge in [0, 0.05) is 31.9 Å². The van der Waals surface area contributed by atoms with Gasteiger partial charge in [-0.25, -0.2) is 0 Å². The van der Waals surface area contributed by atoms with E-state index in [9.17, 15) is 9.90 Å². The lowest BCUT2D eigenvalue weighted by molar-refractivity contribution is -0.141. The molecule has 0 amide bonds. The molecule has 98 valence electrons. The van der Waals surface area contributed by atoms with E-state index in [-0.39, 0.29) is 5.92 Å². The average molecular weight is 248 g/mol. The summed E-state index contributed by atoms with van der Waals surface area (Å²) in [6.07, 6.45) is 0.970. The Morgan fingerprint density at radius 2 is 2.28 bits per heavy atom. The maximum absolute atomic E-state index is 11.2. The van der Waals surface area contributed by atoms with Crippen molar-refractivity contribution in [2.75, 3.05) is 31.1 Å². The summed E-state index contributed by atoms with van der Waals surface area (Å²) in [7, 11) is 0. The number of carbonyl (C=O) groups is 1. The third-order valence-corrected chi connectivity index (χ3v) is 3.45. The lowest BCUT2D eigenvalue weighted by Gasteiger charge is -2.26. The minimum Gasteiger partial charge on any atom is -0.481 e. The number of aliphatic carboxylic acids is 1. The van der Waals surface area contributed by atoms with Crippen LogP contribution in [0.5, 0.6) is 0 Å². The van der Waals surface area contributed by atoms with Crippen LogP contribution in [0.15, 0.2) is 24.3 Å². The van der Waals surface area contributed by atoms with Gasteiger partial charge in [-0.3, -0.25) is 4.79 Å². The predicted octanol–water partition coefficient (Wildman–Crippen LogP) is 1.36. The van der Waals surface area contributed by atoms with Crippen LogP contribution in [0.2, 0.25) is 0 Å². The molecule has 1 aromatic carbocycles. The Balaban J connectivity index is 2.22. The summed E-state index contributed by atoms with van der Waals surface area (Å²) >= 11 is 0. The number of anilines is 1. The fraction of sp³-hybridized carbons (Fsp3) is 0.500. The first-order valence-corrected chi connectivity index (χ1v) is 6.48. The molecule has 0 saturated carbocycles. The molecule has 1 aliphatic heterocycles. The number of carboxylic acid groups (broad SMARTS) is 1. The molecule has 1 atom stereocenters. The predicted molar refractivity (Wildman–Crippen MR) is 72.0 cm³/mol. The minimum atomic E-state index is -0.719. The fourth-order valence-corrected chi connectivity index (χ4v) is 2.41. The van der Waals surface area contributed by atoms with E-state index in [4.69, 9.17) is 0 Å². The Morgan fingerprint density at radius 1 is 1.50 bits per heavy atom. The molecule has 0 aromatic heterocycles. The molecule has 4 heteroatoms. The lowest BCUT2D eigenvalue weighted by Crippen LogP contribution is -2.34. The van der Waals surface area contributed by atoms with Gasteiger partial charge in [0.15, 0.2) is 0 Å². The number of nitrogens with zero attached hydrogens (tertiary/aromatic N) is 1. The first-order valence-electron chi connectivity index (χ1n) is 6.48. The molecule has 0 bridgehead atoms. The Bertz CT molecular complexity index is 420. The number of hydrogen-bond donors (Lipinski definition) is 2. The molecule has 1 aliphatic rings. The normalized spacial score (nSPS) is 20.5. The number of carboxylic acids is 1. The van der Waals surface area contributed by atoms with E-state index in [1.54, 1.807) is 0 Å². The second-order valence-corrected chi connectivity index (χ2v) is 4.67. The largest absolute Gasteiger partial charge is 0.481 e. The van der Waals surface area contributed by atoms with Crippen LogP contribution in [0.4, 0.5) is 5.69 Å². The summed E-state index contributed by atoms with van der Waals surface area (Å²) in [5, 5.41) is 12.4. The lowest BCUT2D eigenvalue weighted by atomic mass is 10.1. The molecule has 1 aromatic rings. The van der Waals surface area contributed by atoms with Crippen molar-refractivity contribution in [1.82, 2.24) is 5.32 Å². The van der Waals surface area contributed by atoms with Crippen LogP contribution in [0.3, 0.4) is 0 Å². The minimum absolute atomic E-state index is 0.336. The molecule has 1 heterocycles. The van der Waals surface area contributed by atoms with Gasteiger partial charge in [-0.2, -0.15) is 0 Å². The third kappa shape index (κ3) is 2.82. The molecule has 4 nitrogen and oxygen atoms in total. The molecule has 0 spiro atoms. The number of para-hydroxylation sites is 1. The van der Waals surface area contributed by atoms with Crippen molar-refractivity contribution in [3.63, 3.8) is 0 Å². The highest BCUT2D eigenvalue weighted by atomic mass is 16.4. The molecule has 18 heavy (non-hydrogen) atoms. The van der Waals surface area contributed by atoms with Crippen molar-refractivity contribution < 1.29 is 9.90 Å². The van der Waals surface area contributed by atoms with Crippen molar-refractivity contribution in [3.05, 3.63) is 29.8 Å². The first kappa shape index (κ1) is 12.9. The summed E-state index contributed by atoms with van der Waals surface area (Å²) in [5.74, 6) is -1.05. The topological polar surface area (TPSA) is 52.6 Å². The van der Waals surface area contributed by atoms with Gasteiger partial charge in [0.05, 0.1) is 5.92 Å². The Morgan fingerprint density at radius 3 is 3.00 bits per heavy atom. The smallest absolute Gasteiger partial charge is 0.309 e. The third-order valence-electron chi connectivity index (χ3n) is 3.45. The SMILES string of the molecule is CCc1ccccc1N1CCNCC(C(=O)O)C1. The van der Waals surface area contributed by atoms with Gasteiger partial charge in [-0.15, -0.1) is 0 Å². The fourth-order valence-electron chi connectivity index (χ4n) is 2.41. The van der Waals surface area contributed by atoms with E-state index in [1.165, 1.54) is 11.3 Å². The van der Waals surface area contributed by atoms with Crippen LogP contribution in [0, 0.1) is 5.92 Å². The number of aryl methyl sites for hydroxylation is 1. The standard InChI is InChI=1S/C14H20N2O2/c1-2-11-5-3-4-6-13(11)16-8-7-15-9-12(10-16)14(17)18/h3-6,12,15H,2,7-10H2,1H3,(H,17,18). The monoisotopic (exact) mass is 248 g/mol. The van der Waals surface area contributed by atoms with Gasteiger partial charge in [0.1, 0.15) is 0 Å². The van der Waals surface area contributed by atoms with Gasteiger partial charge in [-0.05, 0) is 18.1 Å². The number of rotatable bonds is 3. The molecule has 2 rings (SSSR count). The van der Waals surface area contributed by atoms with E-state index >= 15 is 0 Å². The second-order valence-electron chi connectivity index (χ2n) is 4.67. The van der Waals surface area contributed by atoms with Crippen molar-refractivity contribution in [3.8, 4) is 0 Å². The van der Waals surface area contributed by atoms with Crippen LogP contribution in [0.25, 0.3) is 0 Å². The van der Waals surface area contributed by atoms with Crippen LogP contribution in [-0.2, 0) is 11.2 Å². The van der Waals surface area contributed by atoms with Crippen LogP contribution < -0.4 is 10.2 Å². The number of benzene rings is 1.